The van der Waals surface area contributed by atoms with E-state index in [1.807, 2.05) is 29.0 Å². The van der Waals surface area contributed by atoms with Gasteiger partial charge < -0.3 is 20.1 Å². The third kappa shape index (κ3) is 7.60. The molecule has 11 nitrogen and oxygen atoms in total. The maximum atomic E-state index is 12.8. The fourth-order valence-electron chi connectivity index (χ4n) is 3.39. The van der Waals surface area contributed by atoms with Crippen LogP contribution in [-0.4, -0.2) is 65.0 Å². The summed E-state index contributed by atoms with van der Waals surface area (Å²) in [5.74, 6) is -1.15. The Kier molecular flexibility index (Phi) is 9.91. The van der Waals surface area contributed by atoms with E-state index in [0.717, 1.165) is 11.8 Å². The number of rotatable bonds is 12. The lowest BCUT2D eigenvalue weighted by Crippen LogP contribution is -2.31. The van der Waals surface area contributed by atoms with E-state index < -0.39 is 27.7 Å². The van der Waals surface area contributed by atoms with Crippen molar-refractivity contribution in [3.05, 3.63) is 89.2 Å². The van der Waals surface area contributed by atoms with Gasteiger partial charge in [0.25, 0.3) is 27.7 Å². The molecule has 2 aromatic carbocycles. The highest BCUT2D eigenvalue weighted by atomic mass is 32.2. The Hall–Kier alpha value is -4.29. The second-order valence-electron chi connectivity index (χ2n) is 7.96. The lowest BCUT2D eigenvalue weighted by atomic mass is 10.1. The molecule has 3 N–H and O–H groups in total. The molecule has 0 aliphatic carbocycles. The third-order valence-corrected chi connectivity index (χ3v) is 6.68. The first-order valence-corrected chi connectivity index (χ1v) is 13.0. The molecular formula is C26H28N4O7S. The Bertz CT molecular complexity index is 1390. The van der Waals surface area contributed by atoms with Crippen molar-refractivity contribution in [2.45, 2.75) is 11.3 Å². The number of hydrogen-bond donors (Lipinski definition) is 3. The van der Waals surface area contributed by atoms with Crippen molar-refractivity contribution < 1.29 is 32.3 Å². The molecule has 0 aliphatic rings. The van der Waals surface area contributed by atoms with Crippen LogP contribution < -0.4 is 20.1 Å². The summed E-state index contributed by atoms with van der Waals surface area (Å²) in [7, 11) is -1.23. The quantitative estimate of drug-likeness (QED) is 0.293. The van der Waals surface area contributed by atoms with E-state index in [1.54, 1.807) is 7.11 Å². The molecular weight excluding hydrogens is 512 g/mol. The molecule has 1 aromatic heterocycles. The van der Waals surface area contributed by atoms with E-state index in [2.05, 4.69) is 15.6 Å². The van der Waals surface area contributed by atoms with Crippen LogP contribution in [0.15, 0.2) is 71.8 Å². The number of ether oxygens (including phenoxy) is 2. The van der Waals surface area contributed by atoms with Gasteiger partial charge in [0.05, 0.1) is 24.2 Å². The number of nitrogens with one attached hydrogen (secondary N) is 3. The van der Waals surface area contributed by atoms with Gasteiger partial charge in [-0.25, -0.2) is 13.1 Å². The van der Waals surface area contributed by atoms with Crippen LogP contribution in [-0.2, 0) is 21.2 Å². The summed E-state index contributed by atoms with van der Waals surface area (Å²) in [6.45, 7) is 0.923. The number of aromatic nitrogens is 1. The predicted octanol–water partition coefficient (Wildman–Crippen LogP) is 1.56. The van der Waals surface area contributed by atoms with Gasteiger partial charge >= 0.3 is 0 Å². The van der Waals surface area contributed by atoms with Crippen molar-refractivity contribution in [3.8, 4) is 5.75 Å². The molecule has 0 radical (unpaired) electrons. The molecule has 0 bridgehead atoms. The SMILES string of the molecule is COCCNC(=O)c1ccc(C(=O)NS(=O)(=O)c2cccc(C(=O)NCCc3ccccc3OC)c2)cn1. The summed E-state index contributed by atoms with van der Waals surface area (Å²) in [4.78, 5) is 40.8. The number of carbonyl (C=O) groups is 3. The molecule has 1 heterocycles. The number of carbonyl (C=O) groups excluding carboxylic acids is 3. The van der Waals surface area contributed by atoms with Crippen molar-refractivity contribution in [1.29, 1.82) is 0 Å². The van der Waals surface area contributed by atoms with Crippen LogP contribution in [0.2, 0.25) is 0 Å². The number of pyridine rings is 1. The number of nitrogens with zero attached hydrogens (tertiary/aromatic N) is 1. The summed E-state index contributed by atoms with van der Waals surface area (Å²) in [6, 6.07) is 15.4. The molecule has 38 heavy (non-hydrogen) atoms. The largest absolute Gasteiger partial charge is 0.496 e. The summed E-state index contributed by atoms with van der Waals surface area (Å²) in [6.07, 6.45) is 1.62. The van der Waals surface area contributed by atoms with Gasteiger partial charge in [-0.15, -0.1) is 0 Å². The fraction of sp³-hybridized carbons (Fsp3) is 0.231. The minimum Gasteiger partial charge on any atom is -0.496 e. The Morgan fingerprint density at radius 1 is 0.842 bits per heavy atom. The number of para-hydroxylation sites is 1. The normalized spacial score (nSPS) is 10.9. The molecule has 12 heteroatoms. The monoisotopic (exact) mass is 540 g/mol. The predicted molar refractivity (Wildman–Crippen MR) is 139 cm³/mol. The molecule has 0 aliphatic heterocycles. The van der Waals surface area contributed by atoms with Crippen LogP contribution in [0.5, 0.6) is 5.75 Å². The lowest BCUT2D eigenvalue weighted by Gasteiger charge is -2.11. The van der Waals surface area contributed by atoms with Crippen LogP contribution in [0, 0.1) is 0 Å². The molecule has 3 rings (SSSR count). The first kappa shape index (κ1) is 28.3. The molecule has 0 saturated carbocycles. The number of hydrogen-bond acceptors (Lipinski definition) is 8. The van der Waals surface area contributed by atoms with Crippen molar-refractivity contribution in [1.82, 2.24) is 20.3 Å². The zero-order chi connectivity index (χ0) is 27.5. The Labute approximate surface area is 220 Å². The van der Waals surface area contributed by atoms with Crippen LogP contribution in [0.25, 0.3) is 0 Å². The Morgan fingerprint density at radius 2 is 1.61 bits per heavy atom. The van der Waals surface area contributed by atoms with Crippen molar-refractivity contribution in [2.24, 2.45) is 0 Å². The lowest BCUT2D eigenvalue weighted by molar-refractivity contribution is 0.0927. The van der Waals surface area contributed by atoms with Gasteiger partial charge in [-0.3, -0.25) is 19.4 Å². The first-order chi connectivity index (χ1) is 18.2. The van der Waals surface area contributed by atoms with Gasteiger partial charge in [-0.05, 0) is 48.4 Å². The Morgan fingerprint density at radius 3 is 2.32 bits per heavy atom. The molecule has 0 unspecified atom stereocenters. The summed E-state index contributed by atoms with van der Waals surface area (Å²) in [5.41, 5.74) is 1.03. The topological polar surface area (TPSA) is 153 Å². The molecule has 3 amide bonds. The summed E-state index contributed by atoms with van der Waals surface area (Å²) < 4.78 is 37.7. The van der Waals surface area contributed by atoms with Gasteiger partial charge in [0, 0.05) is 32.0 Å². The number of methoxy groups -OCH3 is 2. The molecule has 200 valence electrons. The average molecular weight is 541 g/mol. The van der Waals surface area contributed by atoms with E-state index in [-0.39, 0.29) is 28.3 Å². The number of sulfonamides is 1. The standard InChI is InChI=1S/C26H28N4O7S/c1-36-15-14-28-26(33)22-11-10-20(17-29-22)25(32)30-38(34,35)21-8-5-7-19(16-21)24(31)27-13-12-18-6-3-4-9-23(18)37-2/h3-11,16-17H,12-15H2,1-2H3,(H,27,31)(H,28,33)(H,30,32). The molecule has 3 aromatic rings. The van der Waals surface area contributed by atoms with Gasteiger partial charge in [0.1, 0.15) is 11.4 Å². The van der Waals surface area contributed by atoms with Gasteiger partial charge in [0.2, 0.25) is 0 Å². The molecule has 0 atom stereocenters. The maximum Gasteiger partial charge on any atom is 0.269 e. The minimum atomic E-state index is -4.29. The van der Waals surface area contributed by atoms with Gasteiger partial charge in [-0.2, -0.15) is 0 Å². The van der Waals surface area contributed by atoms with Crippen molar-refractivity contribution in [3.63, 3.8) is 0 Å². The zero-order valence-corrected chi connectivity index (χ0v) is 21.7. The van der Waals surface area contributed by atoms with Crippen LogP contribution in [0.4, 0.5) is 0 Å². The van der Waals surface area contributed by atoms with Crippen LogP contribution in [0.1, 0.15) is 36.8 Å². The van der Waals surface area contributed by atoms with Gasteiger partial charge in [0.15, 0.2) is 0 Å². The molecule has 0 spiro atoms. The highest BCUT2D eigenvalue weighted by molar-refractivity contribution is 7.90. The Balaban J connectivity index is 1.61. The second kappa shape index (κ2) is 13.3. The fourth-order valence-corrected chi connectivity index (χ4v) is 4.41. The minimum absolute atomic E-state index is 0.0601. The first-order valence-electron chi connectivity index (χ1n) is 11.6. The van der Waals surface area contributed by atoms with Gasteiger partial charge in [-0.1, -0.05) is 24.3 Å². The summed E-state index contributed by atoms with van der Waals surface area (Å²) in [5, 5.41) is 5.34. The van der Waals surface area contributed by atoms with E-state index in [4.69, 9.17) is 9.47 Å². The van der Waals surface area contributed by atoms with Crippen LogP contribution in [0.3, 0.4) is 0 Å². The van der Waals surface area contributed by atoms with E-state index in [9.17, 15) is 22.8 Å². The number of amides is 3. The van der Waals surface area contributed by atoms with E-state index >= 15 is 0 Å². The smallest absolute Gasteiger partial charge is 0.269 e. The maximum absolute atomic E-state index is 12.8. The molecule has 0 saturated heterocycles. The number of benzene rings is 2. The van der Waals surface area contributed by atoms with E-state index in [1.165, 1.54) is 43.5 Å². The second-order valence-corrected chi connectivity index (χ2v) is 9.64. The highest BCUT2D eigenvalue weighted by Gasteiger charge is 2.21. The molecule has 0 fully saturated rings. The van der Waals surface area contributed by atoms with Crippen molar-refractivity contribution >= 4 is 27.7 Å². The highest BCUT2D eigenvalue weighted by Crippen LogP contribution is 2.17. The van der Waals surface area contributed by atoms with Crippen molar-refractivity contribution in [2.75, 3.05) is 33.9 Å². The average Bonchev–Trinajstić information content (AvgIpc) is 2.93. The van der Waals surface area contributed by atoms with E-state index in [0.29, 0.717) is 25.3 Å². The zero-order valence-electron chi connectivity index (χ0n) is 20.9. The van der Waals surface area contributed by atoms with Crippen LogP contribution >= 0.6 is 0 Å². The third-order valence-electron chi connectivity index (χ3n) is 5.36. The summed E-state index contributed by atoms with van der Waals surface area (Å²) >= 11 is 0.